The number of rotatable bonds is 6. The van der Waals surface area contributed by atoms with Crippen molar-refractivity contribution in [3.63, 3.8) is 0 Å². The molecule has 2 N–H and O–H groups in total. The van der Waals surface area contributed by atoms with Crippen molar-refractivity contribution in [1.29, 1.82) is 0 Å². The Morgan fingerprint density at radius 1 is 0.952 bits per heavy atom. The second kappa shape index (κ2) is 6.64. The smallest absolute Gasteiger partial charge is 0.123 e. The highest BCUT2D eigenvalue weighted by Crippen LogP contribution is 2.31. The van der Waals surface area contributed by atoms with E-state index >= 15 is 0 Å². The summed E-state index contributed by atoms with van der Waals surface area (Å²) in [6.07, 6.45) is 1.76. The normalized spacial score (nSPS) is 13.5. The van der Waals surface area contributed by atoms with Gasteiger partial charge < -0.3 is 15.2 Å². The molecule has 0 aliphatic carbocycles. The van der Waals surface area contributed by atoms with Crippen molar-refractivity contribution in [2.75, 3.05) is 14.2 Å². The third kappa shape index (κ3) is 3.76. The van der Waals surface area contributed by atoms with Crippen LogP contribution in [0.25, 0.3) is 0 Å². The number of benzene rings is 2. The first kappa shape index (κ1) is 15.4. The molecule has 0 fully saturated rings. The van der Waals surface area contributed by atoms with E-state index in [2.05, 4.69) is 12.1 Å². The molecule has 0 aliphatic rings. The minimum Gasteiger partial charge on any atom is -0.497 e. The molecule has 0 radical (unpaired) electrons. The number of ether oxygens (including phenoxy) is 2. The second-order valence-electron chi connectivity index (χ2n) is 5.47. The van der Waals surface area contributed by atoms with Gasteiger partial charge in [0.1, 0.15) is 11.5 Å². The summed E-state index contributed by atoms with van der Waals surface area (Å²) in [5, 5.41) is 0. The summed E-state index contributed by atoms with van der Waals surface area (Å²) in [5.74, 6) is 1.72. The maximum atomic E-state index is 6.51. The zero-order chi connectivity index (χ0) is 15.3. The second-order valence-corrected chi connectivity index (χ2v) is 5.47. The van der Waals surface area contributed by atoms with Gasteiger partial charge in [-0.3, -0.25) is 0 Å². The summed E-state index contributed by atoms with van der Waals surface area (Å²) in [6, 6.07) is 16.1. The van der Waals surface area contributed by atoms with Gasteiger partial charge in [0.25, 0.3) is 0 Å². The first-order valence-corrected chi connectivity index (χ1v) is 7.12. The molecule has 0 aromatic heterocycles. The Labute approximate surface area is 126 Å². The predicted octanol–water partition coefficient (Wildman–Crippen LogP) is 3.51. The summed E-state index contributed by atoms with van der Waals surface area (Å²) in [6.45, 7) is 2.05. The van der Waals surface area contributed by atoms with Gasteiger partial charge in [0, 0.05) is 11.1 Å². The average Bonchev–Trinajstić information content (AvgIpc) is 2.53. The summed E-state index contributed by atoms with van der Waals surface area (Å²) < 4.78 is 10.6. The van der Waals surface area contributed by atoms with Crippen molar-refractivity contribution >= 4 is 0 Å². The van der Waals surface area contributed by atoms with Gasteiger partial charge in [-0.1, -0.05) is 30.3 Å². The van der Waals surface area contributed by atoms with Crippen LogP contribution >= 0.6 is 0 Å². The molecule has 1 unspecified atom stereocenters. The molecule has 0 amide bonds. The minimum absolute atomic E-state index is 0.424. The van der Waals surface area contributed by atoms with Crippen LogP contribution in [-0.2, 0) is 12.0 Å². The summed E-state index contributed by atoms with van der Waals surface area (Å²) >= 11 is 0. The highest BCUT2D eigenvalue weighted by molar-refractivity contribution is 5.38. The van der Waals surface area contributed by atoms with E-state index in [4.69, 9.17) is 15.2 Å². The van der Waals surface area contributed by atoms with Gasteiger partial charge in [0.2, 0.25) is 0 Å². The van der Waals surface area contributed by atoms with E-state index in [0.29, 0.717) is 0 Å². The molecule has 3 nitrogen and oxygen atoms in total. The monoisotopic (exact) mass is 285 g/mol. The van der Waals surface area contributed by atoms with Crippen LogP contribution in [0.4, 0.5) is 0 Å². The lowest BCUT2D eigenvalue weighted by Crippen LogP contribution is -2.34. The molecule has 2 rings (SSSR count). The van der Waals surface area contributed by atoms with Crippen molar-refractivity contribution in [2.24, 2.45) is 5.73 Å². The van der Waals surface area contributed by atoms with Gasteiger partial charge in [-0.15, -0.1) is 0 Å². The fourth-order valence-electron chi connectivity index (χ4n) is 2.45. The lowest BCUT2D eigenvalue weighted by molar-refractivity contribution is 0.378. The molecule has 3 heteroatoms. The Balaban J connectivity index is 2.09. The number of aryl methyl sites for hydroxylation is 1. The van der Waals surface area contributed by atoms with Gasteiger partial charge in [0.15, 0.2) is 0 Å². The molecule has 21 heavy (non-hydrogen) atoms. The van der Waals surface area contributed by atoms with Crippen LogP contribution in [0.1, 0.15) is 24.5 Å². The van der Waals surface area contributed by atoms with Crippen LogP contribution in [0, 0.1) is 0 Å². The summed E-state index contributed by atoms with van der Waals surface area (Å²) in [5.41, 5.74) is 8.38. The molecule has 0 bridgehead atoms. The maximum Gasteiger partial charge on any atom is 0.123 e. The third-order valence-electron chi connectivity index (χ3n) is 3.81. The van der Waals surface area contributed by atoms with Gasteiger partial charge in [-0.25, -0.2) is 0 Å². The molecule has 112 valence electrons. The van der Waals surface area contributed by atoms with Gasteiger partial charge >= 0.3 is 0 Å². The number of hydrogen-bond acceptors (Lipinski definition) is 3. The molecule has 0 saturated heterocycles. The van der Waals surface area contributed by atoms with E-state index in [9.17, 15) is 0 Å². The first-order valence-electron chi connectivity index (χ1n) is 7.12. The zero-order valence-electron chi connectivity index (χ0n) is 12.9. The fourth-order valence-corrected chi connectivity index (χ4v) is 2.45. The molecule has 1 atom stereocenters. The minimum atomic E-state index is -0.424. The topological polar surface area (TPSA) is 44.5 Å². The SMILES string of the molecule is COc1ccc(CCC(C)(N)c2ccccc2OC)cc1. The van der Waals surface area contributed by atoms with Crippen LogP contribution in [0.2, 0.25) is 0 Å². The Morgan fingerprint density at radius 2 is 1.62 bits per heavy atom. The van der Waals surface area contributed by atoms with Crippen molar-refractivity contribution < 1.29 is 9.47 Å². The third-order valence-corrected chi connectivity index (χ3v) is 3.81. The first-order chi connectivity index (χ1) is 10.1. The van der Waals surface area contributed by atoms with E-state index in [0.717, 1.165) is 29.9 Å². The van der Waals surface area contributed by atoms with Gasteiger partial charge in [-0.05, 0) is 43.5 Å². The molecule has 0 heterocycles. The standard InChI is InChI=1S/C18H23NO2/c1-18(19,16-6-4-5-7-17(16)21-3)13-12-14-8-10-15(20-2)11-9-14/h4-11H,12-13,19H2,1-3H3. The van der Waals surface area contributed by atoms with Crippen LogP contribution in [0.3, 0.4) is 0 Å². The zero-order valence-corrected chi connectivity index (χ0v) is 12.9. The van der Waals surface area contributed by atoms with E-state index < -0.39 is 5.54 Å². The van der Waals surface area contributed by atoms with Crippen LogP contribution in [-0.4, -0.2) is 14.2 Å². The highest BCUT2D eigenvalue weighted by atomic mass is 16.5. The Kier molecular flexibility index (Phi) is 4.86. The van der Waals surface area contributed by atoms with Crippen molar-refractivity contribution in [1.82, 2.24) is 0 Å². The van der Waals surface area contributed by atoms with Gasteiger partial charge in [-0.2, -0.15) is 0 Å². The Bertz CT molecular complexity index is 576. The number of nitrogens with two attached hydrogens (primary N) is 1. The summed E-state index contributed by atoms with van der Waals surface area (Å²) in [4.78, 5) is 0. The molecule has 2 aromatic rings. The summed E-state index contributed by atoms with van der Waals surface area (Å²) in [7, 11) is 3.35. The predicted molar refractivity (Wildman–Crippen MR) is 85.8 cm³/mol. The van der Waals surface area contributed by atoms with Gasteiger partial charge in [0.05, 0.1) is 14.2 Å². The average molecular weight is 285 g/mol. The molecule has 2 aromatic carbocycles. The molecule has 0 aliphatic heterocycles. The van der Waals surface area contributed by atoms with E-state index in [-0.39, 0.29) is 0 Å². The fraction of sp³-hybridized carbons (Fsp3) is 0.333. The maximum absolute atomic E-state index is 6.51. The van der Waals surface area contributed by atoms with Crippen molar-refractivity contribution in [3.8, 4) is 11.5 Å². The van der Waals surface area contributed by atoms with Crippen LogP contribution in [0.5, 0.6) is 11.5 Å². The van der Waals surface area contributed by atoms with E-state index in [1.807, 2.05) is 43.3 Å². The quantitative estimate of drug-likeness (QED) is 0.883. The lowest BCUT2D eigenvalue weighted by Gasteiger charge is -2.27. The van der Waals surface area contributed by atoms with E-state index in [1.54, 1.807) is 14.2 Å². The number of para-hydroxylation sites is 1. The van der Waals surface area contributed by atoms with Crippen molar-refractivity contribution in [2.45, 2.75) is 25.3 Å². The van der Waals surface area contributed by atoms with Crippen LogP contribution in [0.15, 0.2) is 48.5 Å². The molecule has 0 spiro atoms. The Morgan fingerprint density at radius 3 is 2.24 bits per heavy atom. The van der Waals surface area contributed by atoms with E-state index in [1.165, 1.54) is 5.56 Å². The van der Waals surface area contributed by atoms with Crippen LogP contribution < -0.4 is 15.2 Å². The number of hydrogen-bond donors (Lipinski definition) is 1. The van der Waals surface area contributed by atoms with Crippen molar-refractivity contribution in [3.05, 3.63) is 59.7 Å². The lowest BCUT2D eigenvalue weighted by atomic mass is 9.86. The molecular formula is C18H23NO2. The number of methoxy groups -OCH3 is 2. The molecular weight excluding hydrogens is 262 g/mol. The molecule has 0 saturated carbocycles. The highest BCUT2D eigenvalue weighted by Gasteiger charge is 2.24. The Hall–Kier alpha value is -2.00. The largest absolute Gasteiger partial charge is 0.497 e.